The van der Waals surface area contributed by atoms with Crippen molar-refractivity contribution >= 4 is 0 Å². The number of hydrogen-bond donors (Lipinski definition) is 0. The van der Waals surface area contributed by atoms with Crippen LogP contribution in [0.1, 0.15) is 65.2 Å². The van der Waals surface area contributed by atoms with E-state index in [0.29, 0.717) is 5.41 Å². The fourth-order valence-corrected chi connectivity index (χ4v) is 6.32. The second kappa shape index (κ2) is 4.49. The molecule has 1 spiro atoms. The van der Waals surface area contributed by atoms with E-state index in [0.717, 1.165) is 29.1 Å². The van der Waals surface area contributed by atoms with Gasteiger partial charge in [0.2, 0.25) is 0 Å². The maximum absolute atomic E-state index is 2.62. The topological polar surface area (TPSA) is 0 Å². The quantitative estimate of drug-likeness (QED) is 0.491. The van der Waals surface area contributed by atoms with Crippen LogP contribution in [0.15, 0.2) is 24.3 Å². The van der Waals surface area contributed by atoms with Crippen molar-refractivity contribution in [2.24, 2.45) is 34.5 Å². The van der Waals surface area contributed by atoms with Crippen molar-refractivity contribution < 1.29 is 0 Å². The Bertz CT molecular complexity index is 437. The van der Waals surface area contributed by atoms with Crippen molar-refractivity contribution in [2.45, 2.75) is 65.2 Å². The fourth-order valence-electron chi connectivity index (χ4n) is 6.32. The highest BCUT2D eigenvalue weighted by molar-refractivity contribution is 5.22. The Morgan fingerprint density at radius 2 is 1.85 bits per heavy atom. The smallest absolute Gasteiger partial charge is 0.00471 e. The normalized spacial score (nSPS) is 49.1. The van der Waals surface area contributed by atoms with Gasteiger partial charge in [0.15, 0.2) is 0 Å². The van der Waals surface area contributed by atoms with E-state index in [9.17, 15) is 0 Å². The summed E-state index contributed by atoms with van der Waals surface area (Å²) in [4.78, 5) is 0. The summed E-state index contributed by atoms with van der Waals surface area (Å²) in [6, 6.07) is 0. The zero-order valence-electron chi connectivity index (χ0n) is 13.3. The molecule has 0 N–H and O–H groups in total. The molecule has 5 atom stereocenters. The Balaban J connectivity index is 1.69. The average Bonchev–Trinajstić information content (AvgIpc) is 2.88. The number of rotatable bonds is 0. The number of fused-ring (bicyclic) bond motifs is 3. The summed E-state index contributed by atoms with van der Waals surface area (Å²) in [5.41, 5.74) is 1.20. The maximum atomic E-state index is 2.62. The molecule has 0 radical (unpaired) electrons. The van der Waals surface area contributed by atoms with Gasteiger partial charge in [0, 0.05) is 0 Å². The van der Waals surface area contributed by atoms with Gasteiger partial charge in [-0.05, 0) is 73.0 Å². The van der Waals surface area contributed by atoms with E-state index in [2.05, 4.69) is 38.2 Å². The molecule has 4 rings (SSSR count). The van der Waals surface area contributed by atoms with Gasteiger partial charge in [0.1, 0.15) is 0 Å². The zero-order valence-corrected chi connectivity index (χ0v) is 13.3. The van der Waals surface area contributed by atoms with Crippen LogP contribution in [0.5, 0.6) is 0 Å². The summed E-state index contributed by atoms with van der Waals surface area (Å²) >= 11 is 0. The van der Waals surface area contributed by atoms with Crippen LogP contribution in [-0.2, 0) is 0 Å². The summed E-state index contributed by atoms with van der Waals surface area (Å²) in [7, 11) is 0. The lowest BCUT2D eigenvalue weighted by molar-refractivity contribution is 0.00206. The molecule has 0 saturated heterocycles. The van der Waals surface area contributed by atoms with Gasteiger partial charge in [0.05, 0.1) is 0 Å². The lowest BCUT2D eigenvalue weighted by Gasteiger charge is -2.55. The molecule has 2 saturated carbocycles. The van der Waals surface area contributed by atoms with Gasteiger partial charge >= 0.3 is 0 Å². The number of hydrogen-bond acceptors (Lipinski definition) is 0. The van der Waals surface area contributed by atoms with Crippen LogP contribution >= 0.6 is 0 Å². The van der Waals surface area contributed by atoms with Gasteiger partial charge in [-0.25, -0.2) is 0 Å². The molecule has 0 aromatic heterocycles. The highest BCUT2D eigenvalue weighted by atomic mass is 14.6. The molecule has 0 heterocycles. The third-order valence-electron chi connectivity index (χ3n) is 7.52. The standard InChI is InChI=1S/C20H30/c1-15-6-5-10-19(2)17(15)8-7-16-9-13-20(14-18(16)19)11-3-4-12-20/h5,7-8,10,15-18H,3-4,6,9,11-14H2,1-2H3. The van der Waals surface area contributed by atoms with Crippen molar-refractivity contribution in [3.63, 3.8) is 0 Å². The zero-order chi connectivity index (χ0) is 13.8. The Morgan fingerprint density at radius 1 is 1.05 bits per heavy atom. The Labute approximate surface area is 124 Å². The van der Waals surface area contributed by atoms with Gasteiger partial charge in [-0.2, -0.15) is 0 Å². The molecule has 0 nitrogen and oxygen atoms in total. The van der Waals surface area contributed by atoms with Gasteiger partial charge in [0.25, 0.3) is 0 Å². The minimum atomic E-state index is 0.451. The van der Waals surface area contributed by atoms with Crippen LogP contribution in [0.2, 0.25) is 0 Å². The van der Waals surface area contributed by atoms with Crippen molar-refractivity contribution in [2.75, 3.05) is 0 Å². The first-order valence-electron chi connectivity index (χ1n) is 8.99. The molecule has 0 amide bonds. The molecule has 0 heteroatoms. The second-order valence-electron chi connectivity index (χ2n) is 8.61. The highest BCUT2D eigenvalue weighted by Gasteiger charge is 2.52. The van der Waals surface area contributed by atoms with Gasteiger partial charge < -0.3 is 0 Å². The summed E-state index contributed by atoms with van der Waals surface area (Å²) < 4.78 is 0. The largest absolute Gasteiger partial charge is 0.0877 e. The monoisotopic (exact) mass is 270 g/mol. The van der Waals surface area contributed by atoms with E-state index in [1.807, 2.05) is 0 Å². The van der Waals surface area contributed by atoms with E-state index >= 15 is 0 Å². The Hall–Kier alpha value is -0.520. The average molecular weight is 270 g/mol. The summed E-state index contributed by atoms with van der Waals surface area (Å²) in [6.07, 6.45) is 22.2. The molecule has 20 heavy (non-hydrogen) atoms. The number of allylic oxidation sites excluding steroid dienone is 4. The van der Waals surface area contributed by atoms with Crippen LogP contribution in [-0.4, -0.2) is 0 Å². The predicted octanol–water partition coefficient (Wildman–Crippen LogP) is 5.75. The van der Waals surface area contributed by atoms with Crippen LogP contribution in [0.3, 0.4) is 0 Å². The first-order valence-corrected chi connectivity index (χ1v) is 8.99. The third-order valence-corrected chi connectivity index (χ3v) is 7.52. The molecular formula is C20H30. The van der Waals surface area contributed by atoms with E-state index in [-0.39, 0.29) is 0 Å². The molecular weight excluding hydrogens is 240 g/mol. The predicted molar refractivity (Wildman–Crippen MR) is 85.4 cm³/mol. The van der Waals surface area contributed by atoms with E-state index in [1.54, 1.807) is 0 Å². The van der Waals surface area contributed by atoms with Crippen molar-refractivity contribution in [1.82, 2.24) is 0 Å². The third kappa shape index (κ3) is 1.79. The van der Waals surface area contributed by atoms with Gasteiger partial charge in [-0.3, -0.25) is 0 Å². The molecule has 5 unspecified atom stereocenters. The van der Waals surface area contributed by atoms with Crippen LogP contribution in [0, 0.1) is 34.5 Å². The van der Waals surface area contributed by atoms with Crippen molar-refractivity contribution in [3.05, 3.63) is 24.3 Å². The minimum Gasteiger partial charge on any atom is -0.0877 e. The Kier molecular flexibility index (Phi) is 2.95. The van der Waals surface area contributed by atoms with Crippen LogP contribution < -0.4 is 0 Å². The molecule has 0 aromatic carbocycles. The van der Waals surface area contributed by atoms with Gasteiger partial charge in [-0.15, -0.1) is 0 Å². The van der Waals surface area contributed by atoms with Crippen LogP contribution in [0.25, 0.3) is 0 Å². The minimum absolute atomic E-state index is 0.451. The lowest BCUT2D eigenvalue weighted by Crippen LogP contribution is -2.48. The molecule has 0 aromatic rings. The van der Waals surface area contributed by atoms with Crippen LogP contribution in [0.4, 0.5) is 0 Å². The molecule has 0 aliphatic heterocycles. The summed E-state index contributed by atoms with van der Waals surface area (Å²) in [5, 5.41) is 0. The molecule has 110 valence electrons. The van der Waals surface area contributed by atoms with Gasteiger partial charge in [-0.1, -0.05) is 51.0 Å². The van der Waals surface area contributed by atoms with E-state index in [4.69, 9.17) is 0 Å². The molecule has 4 aliphatic rings. The van der Waals surface area contributed by atoms with E-state index < -0.39 is 0 Å². The highest BCUT2D eigenvalue weighted by Crippen LogP contribution is 2.61. The van der Waals surface area contributed by atoms with Crippen molar-refractivity contribution in [3.8, 4) is 0 Å². The SMILES string of the molecule is CC1CC=CC2(C)C1C=CC1CCC3(CCCC3)CC12. The summed E-state index contributed by atoms with van der Waals surface area (Å²) in [6.45, 7) is 5.05. The second-order valence-corrected chi connectivity index (χ2v) is 8.61. The first-order chi connectivity index (χ1) is 9.63. The molecule has 0 bridgehead atoms. The van der Waals surface area contributed by atoms with E-state index in [1.165, 1.54) is 51.4 Å². The fraction of sp³-hybridized carbons (Fsp3) is 0.800. The molecule has 2 fully saturated rings. The lowest BCUT2D eigenvalue weighted by atomic mass is 9.49. The summed E-state index contributed by atoms with van der Waals surface area (Å²) in [5.74, 6) is 3.43. The first kappa shape index (κ1) is 13.2. The Morgan fingerprint density at radius 3 is 2.65 bits per heavy atom. The molecule has 4 aliphatic carbocycles. The van der Waals surface area contributed by atoms with Crippen molar-refractivity contribution in [1.29, 1.82) is 0 Å². The maximum Gasteiger partial charge on any atom is -0.00471 e.